The number of fused-ring (bicyclic) bond motifs is 1. The molecule has 0 spiro atoms. The Balaban J connectivity index is 2.48. The summed E-state index contributed by atoms with van der Waals surface area (Å²) < 4.78 is 11.8. The first-order valence-electron chi connectivity index (χ1n) is 4.85. The Morgan fingerprint density at radius 3 is 2.80 bits per heavy atom. The van der Waals surface area contributed by atoms with Crippen LogP contribution in [0.5, 0.6) is 11.8 Å². The van der Waals surface area contributed by atoms with E-state index in [-0.39, 0.29) is 0 Å². The van der Waals surface area contributed by atoms with Crippen LogP contribution in [0.1, 0.15) is 13.8 Å². The van der Waals surface area contributed by atoms with Crippen molar-refractivity contribution in [1.29, 1.82) is 0 Å². The molecule has 2 aromatic rings. The van der Waals surface area contributed by atoms with Crippen LogP contribution < -0.4 is 9.47 Å². The summed E-state index contributed by atoms with van der Waals surface area (Å²) in [5.74, 6) is 1.15. The van der Waals surface area contributed by atoms with Crippen molar-refractivity contribution in [2.24, 2.45) is 0 Å². The lowest BCUT2D eigenvalue weighted by Gasteiger charge is -2.06. The summed E-state index contributed by atoms with van der Waals surface area (Å²) in [6.45, 7) is 5.03. The van der Waals surface area contributed by atoms with Gasteiger partial charge in [0.05, 0.1) is 23.4 Å². The molecule has 0 aliphatic rings. The van der Waals surface area contributed by atoms with Crippen LogP contribution in [0.25, 0.3) is 10.2 Å². The van der Waals surface area contributed by atoms with E-state index in [9.17, 15) is 0 Å². The van der Waals surface area contributed by atoms with Gasteiger partial charge >= 0.3 is 0 Å². The number of hydrogen-bond acceptors (Lipinski definition) is 5. The van der Waals surface area contributed by atoms with E-state index >= 15 is 0 Å². The first-order valence-corrected chi connectivity index (χ1v) is 5.73. The van der Waals surface area contributed by atoms with E-state index in [4.69, 9.17) is 9.47 Å². The van der Waals surface area contributed by atoms with Gasteiger partial charge in [-0.2, -0.15) is 4.98 Å². The first kappa shape index (κ1) is 10.2. The molecule has 0 radical (unpaired) electrons. The monoisotopic (exact) mass is 224 g/mol. The van der Waals surface area contributed by atoms with Crippen LogP contribution in [0.15, 0.2) is 11.6 Å². The SMILES string of the molecule is CCOc1cc2scnc2c(OCC)n1. The van der Waals surface area contributed by atoms with Crippen molar-refractivity contribution in [3.8, 4) is 11.8 Å². The summed E-state index contributed by atoms with van der Waals surface area (Å²) in [4.78, 5) is 8.47. The third-order valence-electron chi connectivity index (χ3n) is 1.84. The molecule has 0 unspecified atom stereocenters. The van der Waals surface area contributed by atoms with Gasteiger partial charge in [0.15, 0.2) is 0 Å². The molecular weight excluding hydrogens is 212 g/mol. The highest BCUT2D eigenvalue weighted by molar-refractivity contribution is 7.16. The fraction of sp³-hybridized carbons (Fsp3) is 0.400. The minimum Gasteiger partial charge on any atom is -0.478 e. The average Bonchev–Trinajstić information content (AvgIpc) is 2.67. The summed E-state index contributed by atoms with van der Waals surface area (Å²) in [6, 6.07) is 1.89. The molecule has 2 heterocycles. The Morgan fingerprint density at radius 1 is 1.27 bits per heavy atom. The Kier molecular flexibility index (Phi) is 3.01. The van der Waals surface area contributed by atoms with E-state index in [1.54, 1.807) is 16.8 Å². The summed E-state index contributed by atoms with van der Waals surface area (Å²) in [7, 11) is 0. The van der Waals surface area contributed by atoms with Crippen molar-refractivity contribution in [2.75, 3.05) is 13.2 Å². The molecule has 5 heteroatoms. The molecule has 0 bridgehead atoms. The van der Waals surface area contributed by atoms with Crippen molar-refractivity contribution in [3.63, 3.8) is 0 Å². The van der Waals surface area contributed by atoms with Gasteiger partial charge in [0.2, 0.25) is 11.8 Å². The first-order chi connectivity index (χ1) is 7.35. The Labute approximate surface area is 91.9 Å². The molecule has 2 aromatic heterocycles. The van der Waals surface area contributed by atoms with Crippen molar-refractivity contribution < 1.29 is 9.47 Å². The van der Waals surface area contributed by atoms with Gasteiger partial charge in [0.1, 0.15) is 5.52 Å². The second kappa shape index (κ2) is 4.44. The van der Waals surface area contributed by atoms with Crippen LogP contribution in [-0.4, -0.2) is 23.2 Å². The van der Waals surface area contributed by atoms with Gasteiger partial charge in [-0.15, -0.1) is 11.3 Å². The zero-order valence-corrected chi connectivity index (χ0v) is 9.50. The van der Waals surface area contributed by atoms with Crippen LogP contribution in [0.2, 0.25) is 0 Å². The minimum atomic E-state index is 0.555. The summed E-state index contributed by atoms with van der Waals surface area (Å²) in [5.41, 5.74) is 2.59. The molecule has 0 fully saturated rings. The Morgan fingerprint density at radius 2 is 2.07 bits per heavy atom. The quantitative estimate of drug-likeness (QED) is 0.800. The molecule has 0 N–H and O–H groups in total. The molecule has 2 rings (SSSR count). The largest absolute Gasteiger partial charge is 0.478 e. The summed E-state index contributed by atoms with van der Waals surface area (Å²) in [6.07, 6.45) is 0. The maximum absolute atomic E-state index is 5.42. The molecule has 80 valence electrons. The van der Waals surface area contributed by atoms with Gasteiger partial charge < -0.3 is 9.47 Å². The number of rotatable bonds is 4. The number of thiazole rings is 1. The molecule has 0 amide bonds. The third-order valence-corrected chi connectivity index (χ3v) is 2.61. The maximum atomic E-state index is 5.42. The van der Waals surface area contributed by atoms with Gasteiger partial charge in [-0.1, -0.05) is 0 Å². The number of nitrogens with zero attached hydrogens (tertiary/aromatic N) is 2. The van der Waals surface area contributed by atoms with Crippen LogP contribution in [0.4, 0.5) is 0 Å². The van der Waals surface area contributed by atoms with Gasteiger partial charge in [-0.25, -0.2) is 4.98 Å². The summed E-state index contributed by atoms with van der Waals surface area (Å²) >= 11 is 1.56. The highest BCUT2D eigenvalue weighted by Gasteiger charge is 2.09. The topological polar surface area (TPSA) is 44.2 Å². The fourth-order valence-electron chi connectivity index (χ4n) is 1.27. The van der Waals surface area contributed by atoms with E-state index < -0.39 is 0 Å². The van der Waals surface area contributed by atoms with E-state index in [0.717, 1.165) is 10.2 Å². The lowest BCUT2D eigenvalue weighted by atomic mass is 10.4. The normalized spacial score (nSPS) is 10.5. The number of pyridine rings is 1. The van der Waals surface area contributed by atoms with E-state index in [1.807, 2.05) is 19.9 Å². The highest BCUT2D eigenvalue weighted by Crippen LogP contribution is 2.29. The predicted octanol–water partition coefficient (Wildman–Crippen LogP) is 2.49. The molecular formula is C10H12N2O2S. The smallest absolute Gasteiger partial charge is 0.244 e. The predicted molar refractivity (Wildman–Crippen MR) is 59.8 cm³/mol. The lowest BCUT2D eigenvalue weighted by molar-refractivity contribution is 0.302. The second-order valence-electron chi connectivity index (χ2n) is 2.83. The molecule has 0 aliphatic heterocycles. The fourth-order valence-corrected chi connectivity index (χ4v) is 1.97. The Bertz CT molecular complexity index is 456. The molecule has 0 saturated heterocycles. The van der Waals surface area contributed by atoms with Crippen molar-refractivity contribution in [3.05, 3.63) is 11.6 Å². The molecule has 15 heavy (non-hydrogen) atoms. The van der Waals surface area contributed by atoms with Gasteiger partial charge in [0, 0.05) is 6.07 Å². The van der Waals surface area contributed by atoms with Crippen LogP contribution in [-0.2, 0) is 0 Å². The number of aromatic nitrogens is 2. The van der Waals surface area contributed by atoms with E-state index in [2.05, 4.69) is 9.97 Å². The highest BCUT2D eigenvalue weighted by atomic mass is 32.1. The molecule has 0 aliphatic carbocycles. The van der Waals surface area contributed by atoms with Crippen LogP contribution >= 0.6 is 11.3 Å². The molecule has 0 atom stereocenters. The van der Waals surface area contributed by atoms with Gasteiger partial charge in [0.25, 0.3) is 0 Å². The lowest BCUT2D eigenvalue weighted by Crippen LogP contribution is -1.99. The molecule has 0 saturated carbocycles. The third kappa shape index (κ3) is 2.02. The van der Waals surface area contributed by atoms with Gasteiger partial charge in [-0.3, -0.25) is 0 Å². The number of ether oxygens (including phenoxy) is 2. The zero-order valence-electron chi connectivity index (χ0n) is 8.69. The molecule has 0 aromatic carbocycles. The van der Waals surface area contributed by atoms with Crippen LogP contribution in [0, 0.1) is 0 Å². The number of hydrogen-bond donors (Lipinski definition) is 0. The summed E-state index contributed by atoms with van der Waals surface area (Å²) in [5, 5.41) is 0. The average molecular weight is 224 g/mol. The van der Waals surface area contributed by atoms with E-state index in [1.165, 1.54) is 0 Å². The maximum Gasteiger partial charge on any atom is 0.244 e. The minimum absolute atomic E-state index is 0.555. The standard InChI is InChI=1S/C10H12N2O2S/c1-3-13-8-5-7-9(11-6-15-7)10(12-8)14-4-2/h5-6H,3-4H2,1-2H3. The van der Waals surface area contributed by atoms with Crippen molar-refractivity contribution >= 4 is 21.6 Å². The second-order valence-corrected chi connectivity index (χ2v) is 3.72. The Hall–Kier alpha value is -1.36. The van der Waals surface area contributed by atoms with Crippen molar-refractivity contribution in [2.45, 2.75) is 13.8 Å². The van der Waals surface area contributed by atoms with E-state index in [0.29, 0.717) is 25.0 Å². The van der Waals surface area contributed by atoms with Gasteiger partial charge in [-0.05, 0) is 13.8 Å². The molecule has 4 nitrogen and oxygen atoms in total. The van der Waals surface area contributed by atoms with Crippen molar-refractivity contribution in [1.82, 2.24) is 9.97 Å². The zero-order chi connectivity index (χ0) is 10.7. The van der Waals surface area contributed by atoms with Crippen LogP contribution in [0.3, 0.4) is 0 Å².